The van der Waals surface area contributed by atoms with Crippen LogP contribution in [0.15, 0.2) is 10.6 Å². The molecule has 1 atom stereocenters. The SMILES string of the molecule is Cc1cc(CC(=O)N[C@@H](C)C(=O)O)no1. The summed E-state index contributed by atoms with van der Waals surface area (Å²) in [6.45, 7) is 3.11. The Labute approximate surface area is 86.3 Å². The zero-order valence-corrected chi connectivity index (χ0v) is 8.48. The highest BCUT2D eigenvalue weighted by molar-refractivity contribution is 5.84. The standard InChI is InChI=1S/C9H12N2O4/c1-5-3-7(11-15-5)4-8(12)10-6(2)9(13)14/h3,6H,4H2,1-2H3,(H,10,12)(H,13,14)/t6-/m0/s1. The first-order valence-electron chi connectivity index (χ1n) is 4.43. The van der Waals surface area contributed by atoms with Crippen molar-refractivity contribution in [2.75, 3.05) is 0 Å². The van der Waals surface area contributed by atoms with E-state index in [1.54, 1.807) is 13.0 Å². The molecular weight excluding hydrogens is 200 g/mol. The Kier molecular flexibility index (Phi) is 3.43. The van der Waals surface area contributed by atoms with Crippen molar-refractivity contribution >= 4 is 11.9 Å². The summed E-state index contributed by atoms with van der Waals surface area (Å²) < 4.78 is 4.77. The number of nitrogens with zero attached hydrogens (tertiary/aromatic N) is 1. The largest absolute Gasteiger partial charge is 0.480 e. The van der Waals surface area contributed by atoms with Gasteiger partial charge in [-0.1, -0.05) is 5.16 Å². The Morgan fingerprint density at radius 2 is 2.33 bits per heavy atom. The number of hydrogen-bond donors (Lipinski definition) is 2. The molecule has 6 heteroatoms. The quantitative estimate of drug-likeness (QED) is 0.739. The monoisotopic (exact) mass is 212 g/mol. The van der Waals surface area contributed by atoms with E-state index in [-0.39, 0.29) is 6.42 Å². The summed E-state index contributed by atoms with van der Waals surface area (Å²) in [5, 5.41) is 14.5. The van der Waals surface area contributed by atoms with Gasteiger partial charge in [-0.15, -0.1) is 0 Å². The van der Waals surface area contributed by atoms with Crippen molar-refractivity contribution in [3.05, 3.63) is 17.5 Å². The minimum atomic E-state index is -1.07. The van der Waals surface area contributed by atoms with Gasteiger partial charge in [0.2, 0.25) is 5.91 Å². The third kappa shape index (κ3) is 3.41. The molecule has 0 unspecified atom stereocenters. The molecule has 1 amide bonds. The van der Waals surface area contributed by atoms with Crippen molar-refractivity contribution in [1.82, 2.24) is 10.5 Å². The van der Waals surface area contributed by atoms with Crippen molar-refractivity contribution in [1.29, 1.82) is 0 Å². The van der Waals surface area contributed by atoms with Gasteiger partial charge in [-0.2, -0.15) is 0 Å². The first-order chi connectivity index (χ1) is 6.99. The molecule has 0 saturated carbocycles. The number of carboxylic acids is 1. The minimum absolute atomic E-state index is 0.0228. The van der Waals surface area contributed by atoms with E-state index in [4.69, 9.17) is 9.63 Å². The molecule has 15 heavy (non-hydrogen) atoms. The number of amides is 1. The summed E-state index contributed by atoms with van der Waals surface area (Å²) in [5.41, 5.74) is 0.489. The lowest BCUT2D eigenvalue weighted by Crippen LogP contribution is -2.39. The molecule has 0 aliphatic heterocycles. The normalized spacial score (nSPS) is 12.1. The Hall–Kier alpha value is -1.85. The molecule has 0 radical (unpaired) electrons. The Bertz CT molecular complexity index is 372. The number of nitrogens with one attached hydrogen (secondary N) is 1. The summed E-state index contributed by atoms with van der Waals surface area (Å²) in [5.74, 6) is -0.845. The van der Waals surface area contributed by atoms with Gasteiger partial charge in [0.25, 0.3) is 0 Å². The fraction of sp³-hybridized carbons (Fsp3) is 0.444. The summed E-state index contributed by atoms with van der Waals surface area (Å²) in [7, 11) is 0. The van der Waals surface area contributed by atoms with E-state index in [1.165, 1.54) is 6.92 Å². The van der Waals surface area contributed by atoms with E-state index in [1.807, 2.05) is 0 Å². The zero-order valence-electron chi connectivity index (χ0n) is 8.48. The molecular formula is C9H12N2O4. The fourth-order valence-corrected chi connectivity index (χ4v) is 1.02. The number of carboxylic acid groups (broad SMARTS) is 1. The van der Waals surface area contributed by atoms with Gasteiger partial charge in [-0.25, -0.2) is 0 Å². The van der Waals surface area contributed by atoms with Crippen LogP contribution in [-0.2, 0) is 16.0 Å². The third-order valence-electron chi connectivity index (χ3n) is 1.77. The van der Waals surface area contributed by atoms with Crippen LogP contribution in [0.25, 0.3) is 0 Å². The van der Waals surface area contributed by atoms with Gasteiger partial charge in [-0.05, 0) is 13.8 Å². The van der Waals surface area contributed by atoms with Gasteiger partial charge in [0.05, 0.1) is 12.1 Å². The number of aryl methyl sites for hydroxylation is 1. The van der Waals surface area contributed by atoms with E-state index < -0.39 is 17.9 Å². The molecule has 1 rings (SSSR count). The predicted octanol–water partition coefficient (Wildman–Crippen LogP) is 0.115. The maximum absolute atomic E-state index is 11.3. The zero-order chi connectivity index (χ0) is 11.4. The molecule has 1 aromatic rings. The Morgan fingerprint density at radius 1 is 1.67 bits per heavy atom. The van der Waals surface area contributed by atoms with Crippen LogP contribution < -0.4 is 5.32 Å². The lowest BCUT2D eigenvalue weighted by Gasteiger charge is -2.07. The van der Waals surface area contributed by atoms with Crippen molar-refractivity contribution in [2.45, 2.75) is 26.3 Å². The molecule has 0 aliphatic carbocycles. The summed E-state index contributed by atoms with van der Waals surface area (Å²) in [6.07, 6.45) is 0.0228. The van der Waals surface area contributed by atoms with Crippen LogP contribution in [0, 0.1) is 6.92 Å². The first-order valence-corrected chi connectivity index (χ1v) is 4.43. The fourth-order valence-electron chi connectivity index (χ4n) is 1.02. The van der Waals surface area contributed by atoms with Crippen LogP contribution in [-0.4, -0.2) is 28.2 Å². The molecule has 0 fully saturated rings. The summed E-state index contributed by atoms with van der Waals surface area (Å²) in [4.78, 5) is 21.7. The molecule has 82 valence electrons. The van der Waals surface area contributed by atoms with Gasteiger partial charge >= 0.3 is 5.97 Å². The Balaban J connectivity index is 2.46. The average molecular weight is 212 g/mol. The van der Waals surface area contributed by atoms with Crippen molar-refractivity contribution < 1.29 is 19.2 Å². The topological polar surface area (TPSA) is 92.4 Å². The molecule has 0 saturated heterocycles. The molecule has 2 N–H and O–H groups in total. The van der Waals surface area contributed by atoms with Gasteiger partial charge in [0.1, 0.15) is 11.8 Å². The maximum Gasteiger partial charge on any atom is 0.325 e. The number of aromatic nitrogens is 1. The number of carbonyl (C=O) groups is 2. The average Bonchev–Trinajstić information content (AvgIpc) is 2.50. The highest BCUT2D eigenvalue weighted by Crippen LogP contribution is 2.02. The van der Waals surface area contributed by atoms with Crippen LogP contribution >= 0.6 is 0 Å². The van der Waals surface area contributed by atoms with Crippen molar-refractivity contribution in [3.63, 3.8) is 0 Å². The first kappa shape index (κ1) is 11.2. The highest BCUT2D eigenvalue weighted by Gasteiger charge is 2.15. The van der Waals surface area contributed by atoms with Crippen LogP contribution in [0.5, 0.6) is 0 Å². The molecule has 0 bridgehead atoms. The Morgan fingerprint density at radius 3 is 2.80 bits per heavy atom. The van der Waals surface area contributed by atoms with E-state index in [0.717, 1.165) is 0 Å². The molecule has 1 aromatic heterocycles. The van der Waals surface area contributed by atoms with Crippen LogP contribution in [0.1, 0.15) is 18.4 Å². The van der Waals surface area contributed by atoms with Gasteiger partial charge in [0.15, 0.2) is 0 Å². The number of hydrogen-bond acceptors (Lipinski definition) is 4. The predicted molar refractivity (Wildman–Crippen MR) is 50.2 cm³/mol. The molecule has 1 heterocycles. The second-order valence-corrected chi connectivity index (χ2v) is 3.23. The smallest absolute Gasteiger partial charge is 0.325 e. The lowest BCUT2D eigenvalue weighted by atomic mass is 10.2. The number of aliphatic carboxylic acids is 1. The van der Waals surface area contributed by atoms with E-state index >= 15 is 0 Å². The van der Waals surface area contributed by atoms with Crippen molar-refractivity contribution in [3.8, 4) is 0 Å². The lowest BCUT2D eigenvalue weighted by molar-refractivity contribution is -0.141. The number of rotatable bonds is 4. The summed E-state index contributed by atoms with van der Waals surface area (Å²) in [6, 6.07) is 0.732. The van der Waals surface area contributed by atoms with Crippen LogP contribution in [0.4, 0.5) is 0 Å². The summed E-state index contributed by atoms with van der Waals surface area (Å²) >= 11 is 0. The maximum atomic E-state index is 11.3. The van der Waals surface area contributed by atoms with Gasteiger partial charge in [-0.3, -0.25) is 9.59 Å². The molecule has 0 aliphatic rings. The highest BCUT2D eigenvalue weighted by atomic mass is 16.5. The van der Waals surface area contributed by atoms with E-state index in [0.29, 0.717) is 11.5 Å². The molecule has 0 spiro atoms. The minimum Gasteiger partial charge on any atom is -0.480 e. The van der Waals surface area contributed by atoms with Crippen LogP contribution in [0.3, 0.4) is 0 Å². The molecule has 0 aromatic carbocycles. The van der Waals surface area contributed by atoms with E-state index in [9.17, 15) is 9.59 Å². The van der Waals surface area contributed by atoms with Crippen molar-refractivity contribution in [2.24, 2.45) is 0 Å². The third-order valence-corrected chi connectivity index (χ3v) is 1.77. The second kappa shape index (κ2) is 4.59. The molecule has 6 nitrogen and oxygen atoms in total. The second-order valence-electron chi connectivity index (χ2n) is 3.23. The van der Waals surface area contributed by atoms with E-state index in [2.05, 4.69) is 10.5 Å². The number of carbonyl (C=O) groups excluding carboxylic acids is 1. The van der Waals surface area contributed by atoms with Gasteiger partial charge in [0, 0.05) is 6.07 Å². The van der Waals surface area contributed by atoms with Crippen LogP contribution in [0.2, 0.25) is 0 Å². The van der Waals surface area contributed by atoms with Gasteiger partial charge < -0.3 is 14.9 Å².